The highest BCUT2D eigenvalue weighted by molar-refractivity contribution is 7.80. The second-order valence-corrected chi connectivity index (χ2v) is 4.43. The summed E-state index contributed by atoms with van der Waals surface area (Å²) in [4.78, 5) is 13.7. The van der Waals surface area contributed by atoms with E-state index < -0.39 is 0 Å². The molecule has 0 atom stereocenters. The molecule has 0 aliphatic heterocycles. The summed E-state index contributed by atoms with van der Waals surface area (Å²) in [6, 6.07) is 4.44. The van der Waals surface area contributed by atoms with Crippen LogP contribution < -0.4 is 5.73 Å². The lowest BCUT2D eigenvalue weighted by molar-refractivity contribution is 0.0798. The number of carbonyl (C=O) groups excluding carboxylic acids is 1. The number of carbonyl (C=O) groups is 1. The van der Waals surface area contributed by atoms with Crippen LogP contribution in [0.2, 0.25) is 0 Å². The lowest BCUT2D eigenvalue weighted by Crippen LogP contribution is -2.30. The van der Waals surface area contributed by atoms with Crippen LogP contribution >= 0.6 is 12.2 Å². The van der Waals surface area contributed by atoms with Crippen LogP contribution in [0, 0.1) is 12.7 Å². The van der Waals surface area contributed by atoms with E-state index in [1.165, 1.54) is 11.0 Å². The third-order valence-electron chi connectivity index (χ3n) is 2.46. The van der Waals surface area contributed by atoms with Gasteiger partial charge in [-0.15, -0.1) is 0 Å². The van der Waals surface area contributed by atoms with Gasteiger partial charge in [0.15, 0.2) is 0 Å². The smallest absolute Gasteiger partial charge is 0.253 e. The Bertz CT molecular complexity index is 448. The molecule has 0 spiro atoms. The Morgan fingerprint density at radius 1 is 1.53 bits per heavy atom. The molecule has 1 rings (SSSR count). The quantitative estimate of drug-likeness (QED) is 0.835. The third-order valence-corrected chi connectivity index (χ3v) is 2.66. The molecule has 0 bridgehead atoms. The average Bonchev–Trinajstić information content (AvgIpc) is 2.28. The monoisotopic (exact) mass is 254 g/mol. The Labute approximate surface area is 105 Å². The Morgan fingerprint density at radius 3 is 2.71 bits per heavy atom. The van der Waals surface area contributed by atoms with Crippen LogP contribution in [0.5, 0.6) is 0 Å². The number of hydrogen-bond donors (Lipinski definition) is 1. The lowest BCUT2D eigenvalue weighted by atomic mass is 10.1. The highest BCUT2D eigenvalue weighted by Gasteiger charge is 2.12. The first kappa shape index (κ1) is 13.6. The Balaban J connectivity index is 2.74. The van der Waals surface area contributed by atoms with E-state index in [4.69, 9.17) is 18.0 Å². The zero-order valence-electron chi connectivity index (χ0n) is 9.87. The standard InChI is InChI=1S/C12H15FN2OS/c1-8-3-4-9(7-10(8)13)12(16)15(2)6-5-11(14)17/h3-4,7H,5-6H2,1-2H3,(H2,14,17). The zero-order valence-corrected chi connectivity index (χ0v) is 10.7. The minimum absolute atomic E-state index is 0.236. The predicted octanol–water partition coefficient (Wildman–Crippen LogP) is 1.88. The molecule has 0 radical (unpaired) electrons. The molecule has 0 unspecified atom stereocenters. The maximum Gasteiger partial charge on any atom is 0.253 e. The summed E-state index contributed by atoms with van der Waals surface area (Å²) in [6.07, 6.45) is 0.464. The van der Waals surface area contributed by atoms with Gasteiger partial charge < -0.3 is 10.6 Å². The van der Waals surface area contributed by atoms with Gasteiger partial charge in [0, 0.05) is 25.6 Å². The molecule has 2 N–H and O–H groups in total. The van der Waals surface area contributed by atoms with Crippen molar-refractivity contribution in [2.24, 2.45) is 5.73 Å². The van der Waals surface area contributed by atoms with Gasteiger partial charge in [0.25, 0.3) is 5.91 Å². The van der Waals surface area contributed by atoms with Crippen molar-refractivity contribution in [2.45, 2.75) is 13.3 Å². The first-order valence-corrected chi connectivity index (χ1v) is 5.62. The normalized spacial score (nSPS) is 10.1. The van der Waals surface area contributed by atoms with Crippen LogP contribution in [0.25, 0.3) is 0 Å². The van der Waals surface area contributed by atoms with Crippen LogP contribution in [0.3, 0.4) is 0 Å². The van der Waals surface area contributed by atoms with Crippen molar-refractivity contribution < 1.29 is 9.18 Å². The predicted molar refractivity (Wildman–Crippen MR) is 69.5 cm³/mol. The summed E-state index contributed by atoms with van der Waals surface area (Å²) in [5, 5.41) is 0. The SMILES string of the molecule is Cc1ccc(C(=O)N(C)CCC(N)=S)cc1F. The fraction of sp³-hybridized carbons (Fsp3) is 0.333. The van der Waals surface area contributed by atoms with Crippen molar-refractivity contribution in [3.63, 3.8) is 0 Å². The summed E-state index contributed by atoms with van der Waals surface area (Å²) in [6.45, 7) is 2.09. The van der Waals surface area contributed by atoms with E-state index in [9.17, 15) is 9.18 Å². The van der Waals surface area contributed by atoms with Gasteiger partial charge in [0.2, 0.25) is 0 Å². The number of hydrogen-bond acceptors (Lipinski definition) is 2. The van der Waals surface area contributed by atoms with E-state index in [2.05, 4.69) is 0 Å². The molecule has 1 aromatic carbocycles. The second kappa shape index (κ2) is 5.72. The van der Waals surface area contributed by atoms with Crippen LogP contribution in [0.4, 0.5) is 4.39 Å². The summed E-state index contributed by atoms with van der Waals surface area (Å²) >= 11 is 4.73. The van der Waals surface area contributed by atoms with E-state index in [0.717, 1.165) is 0 Å². The molecule has 1 aromatic rings. The van der Waals surface area contributed by atoms with E-state index in [1.54, 1.807) is 26.1 Å². The van der Waals surface area contributed by atoms with E-state index >= 15 is 0 Å². The van der Waals surface area contributed by atoms with E-state index in [0.29, 0.717) is 29.1 Å². The molecule has 3 nitrogen and oxygen atoms in total. The van der Waals surface area contributed by atoms with Crippen molar-refractivity contribution in [3.05, 3.63) is 35.1 Å². The number of thiocarbonyl (C=S) groups is 1. The van der Waals surface area contributed by atoms with Crippen molar-refractivity contribution in [2.75, 3.05) is 13.6 Å². The number of amides is 1. The van der Waals surface area contributed by atoms with Gasteiger partial charge in [-0.1, -0.05) is 18.3 Å². The van der Waals surface area contributed by atoms with Gasteiger partial charge >= 0.3 is 0 Å². The van der Waals surface area contributed by atoms with E-state index in [1.807, 2.05) is 0 Å². The summed E-state index contributed by atoms with van der Waals surface area (Å²) in [7, 11) is 1.64. The molecule has 0 heterocycles. The molecule has 92 valence electrons. The van der Waals surface area contributed by atoms with Crippen molar-refractivity contribution in [3.8, 4) is 0 Å². The molecule has 0 saturated carbocycles. The summed E-state index contributed by atoms with van der Waals surface area (Å²) in [5.41, 5.74) is 6.21. The molecule has 0 aliphatic rings. The average molecular weight is 254 g/mol. The zero-order chi connectivity index (χ0) is 13.0. The van der Waals surface area contributed by atoms with Gasteiger partial charge in [-0.25, -0.2) is 4.39 Å². The third kappa shape index (κ3) is 3.78. The molecule has 1 amide bonds. The molecule has 0 saturated heterocycles. The fourth-order valence-electron chi connectivity index (χ4n) is 1.33. The van der Waals surface area contributed by atoms with Crippen LogP contribution in [0.15, 0.2) is 18.2 Å². The number of halogens is 1. The minimum atomic E-state index is -0.376. The number of nitrogens with two attached hydrogens (primary N) is 1. The largest absolute Gasteiger partial charge is 0.393 e. The van der Waals surface area contributed by atoms with Crippen molar-refractivity contribution >= 4 is 23.1 Å². The van der Waals surface area contributed by atoms with Gasteiger partial charge in [-0.05, 0) is 24.6 Å². The number of benzene rings is 1. The topological polar surface area (TPSA) is 46.3 Å². The van der Waals surface area contributed by atoms with Gasteiger partial charge in [-0.3, -0.25) is 4.79 Å². The molecular weight excluding hydrogens is 239 g/mol. The highest BCUT2D eigenvalue weighted by Crippen LogP contribution is 2.11. The van der Waals surface area contributed by atoms with Crippen molar-refractivity contribution in [1.29, 1.82) is 0 Å². The number of rotatable bonds is 4. The fourth-order valence-corrected chi connectivity index (χ4v) is 1.42. The van der Waals surface area contributed by atoms with Crippen LogP contribution in [-0.4, -0.2) is 29.4 Å². The molecule has 5 heteroatoms. The maximum atomic E-state index is 13.3. The first-order chi connectivity index (χ1) is 7.91. The molecule has 0 aromatic heterocycles. The summed E-state index contributed by atoms with van der Waals surface area (Å²) < 4.78 is 13.3. The molecule has 0 aliphatic carbocycles. The Hall–Kier alpha value is -1.49. The van der Waals surface area contributed by atoms with Crippen LogP contribution in [0.1, 0.15) is 22.3 Å². The molecular formula is C12H15FN2OS. The molecule has 17 heavy (non-hydrogen) atoms. The lowest BCUT2D eigenvalue weighted by Gasteiger charge is -2.16. The Kier molecular flexibility index (Phi) is 4.57. The maximum absolute atomic E-state index is 13.3. The number of nitrogens with zero attached hydrogens (tertiary/aromatic N) is 1. The summed E-state index contributed by atoms with van der Waals surface area (Å²) in [5.74, 6) is -0.612. The minimum Gasteiger partial charge on any atom is -0.393 e. The van der Waals surface area contributed by atoms with Crippen molar-refractivity contribution in [1.82, 2.24) is 4.90 Å². The van der Waals surface area contributed by atoms with Gasteiger partial charge in [0.05, 0.1) is 4.99 Å². The first-order valence-electron chi connectivity index (χ1n) is 5.21. The molecule has 0 fully saturated rings. The van der Waals surface area contributed by atoms with Gasteiger partial charge in [-0.2, -0.15) is 0 Å². The Morgan fingerprint density at radius 2 is 2.18 bits per heavy atom. The van der Waals surface area contributed by atoms with Gasteiger partial charge in [0.1, 0.15) is 5.82 Å². The second-order valence-electron chi connectivity index (χ2n) is 3.91. The number of aryl methyl sites for hydroxylation is 1. The van der Waals surface area contributed by atoms with E-state index in [-0.39, 0.29) is 11.7 Å². The van der Waals surface area contributed by atoms with Crippen LogP contribution in [-0.2, 0) is 0 Å². The highest BCUT2D eigenvalue weighted by atomic mass is 32.1.